The molecule has 0 aromatic heterocycles. The lowest BCUT2D eigenvalue weighted by molar-refractivity contribution is -0.122. The van der Waals surface area contributed by atoms with E-state index < -0.39 is 0 Å². The summed E-state index contributed by atoms with van der Waals surface area (Å²) in [6.45, 7) is 0.454. The maximum atomic E-state index is 13.5. The molecule has 104 valence electrons. The smallest absolute Gasteiger partial charge is 0.225 e. The maximum Gasteiger partial charge on any atom is 0.225 e. The first-order valence-electron chi connectivity index (χ1n) is 6.90. The number of hydrogen-bond acceptors (Lipinski definition) is 2. The van der Waals surface area contributed by atoms with Crippen molar-refractivity contribution in [3.8, 4) is 0 Å². The molecule has 1 aromatic rings. The van der Waals surface area contributed by atoms with Crippen LogP contribution in [0, 0.1) is 5.82 Å². The fourth-order valence-electron chi connectivity index (χ4n) is 2.76. The molecule has 1 amide bonds. The van der Waals surface area contributed by atoms with Gasteiger partial charge < -0.3 is 11.1 Å². The Labute approximate surface area is 113 Å². The Morgan fingerprint density at radius 2 is 1.95 bits per heavy atom. The first-order valence-corrected chi connectivity index (χ1v) is 6.90. The Morgan fingerprint density at radius 1 is 1.26 bits per heavy atom. The molecule has 0 radical (unpaired) electrons. The van der Waals surface area contributed by atoms with Gasteiger partial charge in [-0.3, -0.25) is 4.79 Å². The van der Waals surface area contributed by atoms with Crippen molar-refractivity contribution in [3.63, 3.8) is 0 Å². The second-order valence-corrected chi connectivity index (χ2v) is 5.36. The number of carbonyl (C=O) groups is 1. The van der Waals surface area contributed by atoms with Crippen LogP contribution in [-0.4, -0.2) is 18.0 Å². The van der Waals surface area contributed by atoms with Crippen LogP contribution in [0.25, 0.3) is 0 Å². The molecule has 4 heteroatoms. The third-order valence-corrected chi connectivity index (χ3v) is 3.91. The number of amides is 1. The van der Waals surface area contributed by atoms with Crippen LogP contribution in [0.4, 0.5) is 4.39 Å². The average Bonchev–Trinajstić information content (AvgIpc) is 2.42. The zero-order valence-corrected chi connectivity index (χ0v) is 11.1. The number of nitrogens with one attached hydrogen (secondary N) is 1. The molecule has 3 N–H and O–H groups in total. The average molecular weight is 264 g/mol. The lowest BCUT2D eigenvalue weighted by Gasteiger charge is -2.37. The van der Waals surface area contributed by atoms with E-state index in [9.17, 15) is 9.18 Å². The first kappa shape index (κ1) is 14.0. The highest BCUT2D eigenvalue weighted by molar-refractivity contribution is 5.79. The number of rotatable bonds is 4. The van der Waals surface area contributed by atoms with E-state index in [4.69, 9.17) is 5.73 Å². The van der Waals surface area contributed by atoms with E-state index in [1.807, 2.05) is 0 Å². The second kappa shape index (κ2) is 6.15. The van der Waals surface area contributed by atoms with Crippen molar-refractivity contribution < 1.29 is 9.18 Å². The van der Waals surface area contributed by atoms with E-state index in [-0.39, 0.29) is 23.7 Å². The van der Waals surface area contributed by atoms with Gasteiger partial charge in [-0.2, -0.15) is 0 Å². The highest BCUT2D eigenvalue weighted by Gasteiger charge is 2.32. The minimum Gasteiger partial charge on any atom is -0.349 e. The monoisotopic (exact) mass is 264 g/mol. The van der Waals surface area contributed by atoms with Crippen LogP contribution in [0.15, 0.2) is 24.3 Å². The van der Waals surface area contributed by atoms with E-state index in [1.165, 1.54) is 12.5 Å². The van der Waals surface area contributed by atoms with Crippen molar-refractivity contribution in [1.29, 1.82) is 0 Å². The van der Waals surface area contributed by atoms with E-state index in [0.29, 0.717) is 12.1 Å². The fourth-order valence-corrected chi connectivity index (χ4v) is 2.76. The molecular weight excluding hydrogens is 243 g/mol. The van der Waals surface area contributed by atoms with E-state index in [0.717, 1.165) is 25.7 Å². The number of benzene rings is 1. The molecule has 1 aliphatic rings. The summed E-state index contributed by atoms with van der Waals surface area (Å²) in [6, 6.07) is 6.39. The second-order valence-electron chi connectivity index (χ2n) is 5.36. The molecular formula is C15H21FN2O. The predicted molar refractivity (Wildman–Crippen MR) is 73.1 cm³/mol. The molecule has 0 spiro atoms. The molecule has 1 saturated carbocycles. The van der Waals surface area contributed by atoms with Crippen molar-refractivity contribution in [3.05, 3.63) is 35.6 Å². The van der Waals surface area contributed by atoms with Gasteiger partial charge in [0.15, 0.2) is 0 Å². The minimum absolute atomic E-state index is 0.0778. The zero-order chi connectivity index (χ0) is 13.7. The Hall–Kier alpha value is -1.42. The number of carbonyl (C=O) groups excluding carboxylic acids is 1. The van der Waals surface area contributed by atoms with Crippen LogP contribution in [0.3, 0.4) is 0 Å². The Kier molecular flexibility index (Phi) is 4.53. The van der Waals surface area contributed by atoms with Gasteiger partial charge in [-0.1, -0.05) is 37.5 Å². The Balaban J connectivity index is 1.98. The van der Waals surface area contributed by atoms with Gasteiger partial charge in [0, 0.05) is 6.54 Å². The van der Waals surface area contributed by atoms with Crippen molar-refractivity contribution in [2.75, 3.05) is 6.54 Å². The predicted octanol–water partition coefficient (Wildman–Crippen LogP) is 2.15. The zero-order valence-electron chi connectivity index (χ0n) is 11.1. The highest BCUT2D eigenvalue weighted by atomic mass is 19.1. The maximum absolute atomic E-state index is 13.5. The van der Waals surface area contributed by atoms with Crippen LogP contribution < -0.4 is 11.1 Å². The Bertz CT molecular complexity index is 442. The summed E-state index contributed by atoms with van der Waals surface area (Å²) in [4.78, 5) is 12.1. The normalized spacial score (nSPS) is 18.0. The van der Waals surface area contributed by atoms with Gasteiger partial charge in [-0.25, -0.2) is 4.39 Å². The molecule has 2 rings (SSSR count). The quantitative estimate of drug-likeness (QED) is 0.875. The summed E-state index contributed by atoms with van der Waals surface area (Å²) in [5.74, 6) is -0.472. The molecule has 0 aliphatic heterocycles. The van der Waals surface area contributed by atoms with Crippen LogP contribution in [-0.2, 0) is 11.2 Å². The molecule has 0 heterocycles. The number of hydrogen-bond donors (Lipinski definition) is 2. The van der Waals surface area contributed by atoms with Gasteiger partial charge in [0.1, 0.15) is 5.82 Å². The van der Waals surface area contributed by atoms with Crippen LogP contribution in [0.2, 0.25) is 0 Å². The van der Waals surface area contributed by atoms with Gasteiger partial charge in [0.05, 0.1) is 12.0 Å². The lowest BCUT2D eigenvalue weighted by atomic mass is 9.81. The Morgan fingerprint density at radius 3 is 2.58 bits per heavy atom. The van der Waals surface area contributed by atoms with Gasteiger partial charge in [0.2, 0.25) is 5.91 Å². The molecule has 0 unspecified atom stereocenters. The summed E-state index contributed by atoms with van der Waals surface area (Å²) >= 11 is 0. The number of halogens is 1. The minimum atomic E-state index is -0.330. The molecule has 1 aliphatic carbocycles. The largest absolute Gasteiger partial charge is 0.349 e. The van der Waals surface area contributed by atoms with Gasteiger partial charge >= 0.3 is 0 Å². The van der Waals surface area contributed by atoms with Crippen LogP contribution in [0.5, 0.6) is 0 Å². The highest BCUT2D eigenvalue weighted by Crippen LogP contribution is 2.27. The third-order valence-electron chi connectivity index (χ3n) is 3.91. The molecule has 1 aromatic carbocycles. The van der Waals surface area contributed by atoms with E-state index >= 15 is 0 Å². The third kappa shape index (κ3) is 3.53. The van der Waals surface area contributed by atoms with Crippen molar-refractivity contribution in [2.45, 2.75) is 44.1 Å². The van der Waals surface area contributed by atoms with Gasteiger partial charge in [-0.05, 0) is 24.5 Å². The molecule has 19 heavy (non-hydrogen) atoms. The number of nitrogens with two attached hydrogens (primary N) is 1. The molecule has 1 fully saturated rings. The van der Waals surface area contributed by atoms with Crippen molar-refractivity contribution in [2.24, 2.45) is 5.73 Å². The molecule has 0 saturated heterocycles. The first-order chi connectivity index (χ1) is 9.15. The van der Waals surface area contributed by atoms with E-state index in [2.05, 4.69) is 5.32 Å². The van der Waals surface area contributed by atoms with Gasteiger partial charge in [0.25, 0.3) is 0 Å². The summed E-state index contributed by atoms with van der Waals surface area (Å²) in [7, 11) is 0. The fraction of sp³-hybridized carbons (Fsp3) is 0.533. The molecule has 0 atom stereocenters. The van der Waals surface area contributed by atoms with Crippen LogP contribution >= 0.6 is 0 Å². The summed E-state index contributed by atoms with van der Waals surface area (Å²) in [5, 5.41) is 3.03. The molecule has 3 nitrogen and oxygen atoms in total. The van der Waals surface area contributed by atoms with E-state index in [1.54, 1.807) is 18.2 Å². The summed E-state index contributed by atoms with van der Waals surface area (Å²) in [5.41, 5.74) is 5.98. The van der Waals surface area contributed by atoms with Crippen LogP contribution in [0.1, 0.15) is 37.7 Å². The summed E-state index contributed by atoms with van der Waals surface area (Å²) in [6.07, 6.45) is 5.31. The lowest BCUT2D eigenvalue weighted by Crippen LogP contribution is -2.55. The topological polar surface area (TPSA) is 55.1 Å². The molecule has 0 bridgehead atoms. The standard InChI is InChI=1S/C15H21FN2O/c16-13-7-3-2-6-12(13)10-14(19)18-15(11-17)8-4-1-5-9-15/h2-3,6-7H,1,4-5,8-11,17H2,(H,18,19). The SMILES string of the molecule is NCC1(NC(=O)Cc2ccccc2F)CCCCC1. The van der Waals surface area contributed by atoms with Gasteiger partial charge in [-0.15, -0.1) is 0 Å². The van der Waals surface area contributed by atoms with Crippen molar-refractivity contribution in [1.82, 2.24) is 5.32 Å². The summed E-state index contributed by atoms with van der Waals surface area (Å²) < 4.78 is 13.5. The van der Waals surface area contributed by atoms with Crippen molar-refractivity contribution >= 4 is 5.91 Å².